The lowest BCUT2D eigenvalue weighted by atomic mass is 9.99. The summed E-state index contributed by atoms with van der Waals surface area (Å²) in [4.78, 5) is 0. The summed E-state index contributed by atoms with van der Waals surface area (Å²) < 4.78 is 5.67. The van der Waals surface area contributed by atoms with Crippen LogP contribution < -0.4 is 10.5 Å². The van der Waals surface area contributed by atoms with Crippen LogP contribution in [-0.2, 0) is 6.54 Å². The van der Waals surface area contributed by atoms with Gasteiger partial charge in [0.25, 0.3) is 0 Å². The Morgan fingerprint density at radius 2 is 1.89 bits per heavy atom. The van der Waals surface area contributed by atoms with Crippen LogP contribution in [0.25, 0.3) is 11.1 Å². The average molecular weight is 241 g/mol. The standard InChI is InChI=1S/C16H19NO/c1-3-18-16-7-5-4-6-15(16)14-9-12(2)8-13(10-14)11-17/h4-10H,3,11,17H2,1-2H3. The van der Waals surface area contributed by atoms with Gasteiger partial charge in [0, 0.05) is 12.1 Å². The van der Waals surface area contributed by atoms with Gasteiger partial charge in [0.2, 0.25) is 0 Å². The van der Waals surface area contributed by atoms with Gasteiger partial charge in [0.05, 0.1) is 6.61 Å². The maximum Gasteiger partial charge on any atom is 0.127 e. The minimum atomic E-state index is 0.561. The quantitative estimate of drug-likeness (QED) is 0.889. The second kappa shape index (κ2) is 5.69. The molecule has 18 heavy (non-hydrogen) atoms. The summed E-state index contributed by atoms with van der Waals surface area (Å²) in [6, 6.07) is 14.5. The van der Waals surface area contributed by atoms with Crippen molar-refractivity contribution in [3.05, 3.63) is 53.6 Å². The van der Waals surface area contributed by atoms with E-state index >= 15 is 0 Å². The van der Waals surface area contributed by atoms with Crippen molar-refractivity contribution in [3.8, 4) is 16.9 Å². The Labute approximate surface area is 108 Å². The van der Waals surface area contributed by atoms with Crippen LogP contribution in [0, 0.1) is 6.92 Å². The van der Waals surface area contributed by atoms with E-state index in [2.05, 4.69) is 31.2 Å². The van der Waals surface area contributed by atoms with Gasteiger partial charge in [0.15, 0.2) is 0 Å². The molecule has 0 aliphatic rings. The Hall–Kier alpha value is -1.80. The summed E-state index contributed by atoms with van der Waals surface area (Å²) in [5, 5.41) is 0. The predicted molar refractivity (Wildman–Crippen MR) is 75.7 cm³/mol. The molecule has 0 radical (unpaired) electrons. The molecule has 0 amide bonds. The van der Waals surface area contributed by atoms with Crippen molar-refractivity contribution in [1.29, 1.82) is 0 Å². The third-order valence-electron chi connectivity index (χ3n) is 2.87. The summed E-state index contributed by atoms with van der Waals surface area (Å²) in [5.74, 6) is 0.925. The summed E-state index contributed by atoms with van der Waals surface area (Å²) in [5.41, 5.74) is 10.4. The second-order valence-corrected chi connectivity index (χ2v) is 4.34. The number of rotatable bonds is 4. The van der Waals surface area contributed by atoms with Gasteiger partial charge in [-0.15, -0.1) is 0 Å². The normalized spacial score (nSPS) is 10.4. The SMILES string of the molecule is CCOc1ccccc1-c1cc(C)cc(CN)c1. The zero-order chi connectivity index (χ0) is 13.0. The second-order valence-electron chi connectivity index (χ2n) is 4.34. The van der Waals surface area contributed by atoms with E-state index < -0.39 is 0 Å². The molecule has 0 heterocycles. The van der Waals surface area contributed by atoms with Crippen molar-refractivity contribution in [2.45, 2.75) is 20.4 Å². The molecular formula is C16H19NO. The number of ether oxygens (including phenoxy) is 1. The van der Waals surface area contributed by atoms with Gasteiger partial charge in [-0.05, 0) is 37.1 Å². The summed E-state index contributed by atoms with van der Waals surface area (Å²) in [6.45, 7) is 5.32. The molecule has 0 saturated heterocycles. The first-order valence-electron chi connectivity index (χ1n) is 6.27. The summed E-state index contributed by atoms with van der Waals surface area (Å²) in [6.07, 6.45) is 0. The molecule has 0 atom stereocenters. The van der Waals surface area contributed by atoms with Gasteiger partial charge < -0.3 is 10.5 Å². The number of para-hydroxylation sites is 1. The van der Waals surface area contributed by atoms with Crippen LogP contribution in [0.3, 0.4) is 0 Å². The van der Waals surface area contributed by atoms with Crippen LogP contribution in [0.5, 0.6) is 5.75 Å². The Kier molecular flexibility index (Phi) is 4.00. The fourth-order valence-electron chi connectivity index (χ4n) is 2.12. The van der Waals surface area contributed by atoms with Crippen LogP contribution in [0.1, 0.15) is 18.1 Å². The van der Waals surface area contributed by atoms with E-state index in [1.807, 2.05) is 25.1 Å². The minimum Gasteiger partial charge on any atom is -0.493 e. The van der Waals surface area contributed by atoms with Gasteiger partial charge in [-0.3, -0.25) is 0 Å². The molecule has 0 saturated carbocycles. The number of hydrogen-bond donors (Lipinski definition) is 1. The lowest BCUT2D eigenvalue weighted by Gasteiger charge is -2.12. The smallest absolute Gasteiger partial charge is 0.127 e. The van der Waals surface area contributed by atoms with Crippen molar-refractivity contribution in [1.82, 2.24) is 0 Å². The van der Waals surface area contributed by atoms with Crippen LogP contribution in [0.2, 0.25) is 0 Å². The maximum absolute atomic E-state index is 5.73. The van der Waals surface area contributed by atoms with E-state index in [1.54, 1.807) is 0 Å². The molecule has 0 spiro atoms. The van der Waals surface area contributed by atoms with Crippen molar-refractivity contribution in [2.24, 2.45) is 5.73 Å². The number of aryl methyl sites for hydroxylation is 1. The third kappa shape index (κ3) is 2.71. The Morgan fingerprint density at radius 1 is 1.11 bits per heavy atom. The topological polar surface area (TPSA) is 35.2 Å². The first-order valence-corrected chi connectivity index (χ1v) is 6.27. The molecule has 2 heteroatoms. The van der Waals surface area contributed by atoms with Crippen LogP contribution in [0.4, 0.5) is 0 Å². The maximum atomic E-state index is 5.73. The van der Waals surface area contributed by atoms with E-state index in [1.165, 1.54) is 11.1 Å². The van der Waals surface area contributed by atoms with E-state index in [0.29, 0.717) is 13.2 Å². The highest BCUT2D eigenvalue weighted by atomic mass is 16.5. The van der Waals surface area contributed by atoms with E-state index in [4.69, 9.17) is 10.5 Å². The molecule has 0 aromatic heterocycles. The molecule has 2 aromatic rings. The molecule has 0 unspecified atom stereocenters. The van der Waals surface area contributed by atoms with Crippen molar-refractivity contribution in [3.63, 3.8) is 0 Å². The van der Waals surface area contributed by atoms with Crippen molar-refractivity contribution < 1.29 is 4.74 Å². The molecule has 0 fully saturated rings. The Bertz CT molecular complexity index is 534. The Morgan fingerprint density at radius 3 is 2.61 bits per heavy atom. The third-order valence-corrected chi connectivity index (χ3v) is 2.87. The van der Waals surface area contributed by atoms with E-state index in [0.717, 1.165) is 16.9 Å². The molecule has 2 N–H and O–H groups in total. The highest BCUT2D eigenvalue weighted by Gasteiger charge is 2.06. The minimum absolute atomic E-state index is 0.561. The first kappa shape index (κ1) is 12.7. The lowest BCUT2D eigenvalue weighted by molar-refractivity contribution is 0.341. The largest absolute Gasteiger partial charge is 0.493 e. The number of nitrogens with two attached hydrogens (primary N) is 1. The predicted octanol–water partition coefficient (Wildman–Crippen LogP) is 3.52. The zero-order valence-corrected chi connectivity index (χ0v) is 10.9. The summed E-state index contributed by atoms with van der Waals surface area (Å²) in [7, 11) is 0. The van der Waals surface area contributed by atoms with E-state index in [-0.39, 0.29) is 0 Å². The average Bonchev–Trinajstić information content (AvgIpc) is 2.39. The van der Waals surface area contributed by atoms with Crippen molar-refractivity contribution >= 4 is 0 Å². The fourth-order valence-corrected chi connectivity index (χ4v) is 2.12. The lowest BCUT2D eigenvalue weighted by Crippen LogP contribution is -1.98. The van der Waals surface area contributed by atoms with Crippen LogP contribution >= 0.6 is 0 Å². The number of benzene rings is 2. The monoisotopic (exact) mass is 241 g/mol. The van der Waals surface area contributed by atoms with Gasteiger partial charge in [-0.1, -0.05) is 35.9 Å². The fraction of sp³-hybridized carbons (Fsp3) is 0.250. The van der Waals surface area contributed by atoms with Gasteiger partial charge in [0.1, 0.15) is 5.75 Å². The molecule has 2 rings (SSSR count). The van der Waals surface area contributed by atoms with Gasteiger partial charge in [-0.25, -0.2) is 0 Å². The van der Waals surface area contributed by atoms with Crippen molar-refractivity contribution in [2.75, 3.05) is 6.61 Å². The van der Waals surface area contributed by atoms with Crippen LogP contribution in [0.15, 0.2) is 42.5 Å². The summed E-state index contributed by atoms with van der Waals surface area (Å²) >= 11 is 0. The molecule has 0 bridgehead atoms. The zero-order valence-electron chi connectivity index (χ0n) is 10.9. The van der Waals surface area contributed by atoms with E-state index in [9.17, 15) is 0 Å². The highest BCUT2D eigenvalue weighted by Crippen LogP contribution is 2.31. The van der Waals surface area contributed by atoms with Crippen LogP contribution in [-0.4, -0.2) is 6.61 Å². The first-order chi connectivity index (χ1) is 8.74. The number of hydrogen-bond acceptors (Lipinski definition) is 2. The molecule has 94 valence electrons. The Balaban J connectivity index is 2.50. The molecular weight excluding hydrogens is 222 g/mol. The highest BCUT2D eigenvalue weighted by molar-refractivity contribution is 5.71. The molecule has 0 aliphatic carbocycles. The van der Waals surface area contributed by atoms with Gasteiger partial charge in [-0.2, -0.15) is 0 Å². The molecule has 0 aliphatic heterocycles. The molecule has 2 aromatic carbocycles. The molecule has 2 nitrogen and oxygen atoms in total. The van der Waals surface area contributed by atoms with Gasteiger partial charge >= 0.3 is 0 Å².